The lowest BCUT2D eigenvalue weighted by Gasteiger charge is -2.05. The van der Waals surface area contributed by atoms with Crippen LogP contribution < -0.4 is 5.32 Å². The summed E-state index contributed by atoms with van der Waals surface area (Å²) < 4.78 is 12.0. The van der Waals surface area contributed by atoms with Crippen LogP contribution in [0.1, 0.15) is 17.7 Å². The molecule has 0 atom stereocenters. The number of halogens is 1. The Morgan fingerprint density at radius 2 is 2.11 bits per heavy atom. The molecule has 104 valence electrons. The molecule has 5 nitrogen and oxygen atoms in total. The second-order valence-corrected chi connectivity index (χ2v) is 4.47. The number of methoxy groups -OCH3 is 1. The van der Waals surface area contributed by atoms with Crippen molar-refractivity contribution in [2.24, 2.45) is 7.05 Å². The van der Waals surface area contributed by atoms with Crippen LogP contribution in [0.2, 0.25) is 5.15 Å². The number of aryl methyl sites for hydroxylation is 2. The van der Waals surface area contributed by atoms with Crippen LogP contribution in [0.25, 0.3) is 0 Å². The third-order valence-electron chi connectivity index (χ3n) is 2.65. The van der Waals surface area contributed by atoms with Crippen LogP contribution >= 0.6 is 11.6 Å². The van der Waals surface area contributed by atoms with Gasteiger partial charge in [-0.3, -0.25) is 4.68 Å². The van der Waals surface area contributed by atoms with Gasteiger partial charge >= 0.3 is 0 Å². The van der Waals surface area contributed by atoms with Gasteiger partial charge in [0, 0.05) is 32.9 Å². The summed E-state index contributed by atoms with van der Waals surface area (Å²) in [6, 6.07) is 0. The summed E-state index contributed by atoms with van der Waals surface area (Å²) in [5, 5.41) is 8.31. The molecule has 1 rings (SSSR count). The zero-order chi connectivity index (χ0) is 13.4. The number of aromatic nitrogens is 2. The number of rotatable bonds is 9. The second-order valence-electron chi connectivity index (χ2n) is 4.11. The first kappa shape index (κ1) is 15.4. The molecule has 0 aliphatic rings. The van der Waals surface area contributed by atoms with Crippen molar-refractivity contribution in [1.29, 1.82) is 0 Å². The molecule has 1 aromatic rings. The van der Waals surface area contributed by atoms with Crippen molar-refractivity contribution in [1.82, 2.24) is 15.1 Å². The van der Waals surface area contributed by atoms with Gasteiger partial charge in [0.2, 0.25) is 0 Å². The number of nitrogens with one attached hydrogen (secondary N) is 1. The minimum atomic E-state index is 0.651. The molecule has 1 N–H and O–H groups in total. The maximum atomic E-state index is 6.13. The van der Waals surface area contributed by atoms with E-state index in [0.717, 1.165) is 37.4 Å². The molecule has 1 aromatic heterocycles. The molecule has 0 aliphatic heterocycles. The Balaban J connectivity index is 2.11. The van der Waals surface area contributed by atoms with E-state index < -0.39 is 0 Å². The highest BCUT2D eigenvalue weighted by atomic mass is 35.5. The maximum absolute atomic E-state index is 6.13. The van der Waals surface area contributed by atoms with Crippen molar-refractivity contribution < 1.29 is 9.47 Å². The SMILES string of the molecule is COCCOCCCNCc1c(C)nn(C)c1Cl. The Morgan fingerprint density at radius 1 is 1.33 bits per heavy atom. The molecule has 0 radical (unpaired) electrons. The molecule has 0 saturated heterocycles. The summed E-state index contributed by atoms with van der Waals surface area (Å²) in [6.07, 6.45) is 0.973. The first-order valence-corrected chi connectivity index (χ1v) is 6.50. The molecule has 0 aliphatic carbocycles. The first-order valence-electron chi connectivity index (χ1n) is 6.12. The van der Waals surface area contributed by atoms with E-state index >= 15 is 0 Å². The average Bonchev–Trinajstić information content (AvgIpc) is 2.58. The van der Waals surface area contributed by atoms with E-state index in [2.05, 4.69) is 10.4 Å². The van der Waals surface area contributed by atoms with Crippen molar-refractivity contribution in [3.8, 4) is 0 Å². The third-order valence-corrected chi connectivity index (χ3v) is 3.12. The van der Waals surface area contributed by atoms with E-state index in [9.17, 15) is 0 Å². The van der Waals surface area contributed by atoms with Gasteiger partial charge in [0.05, 0.1) is 18.9 Å². The van der Waals surface area contributed by atoms with E-state index in [1.807, 2.05) is 14.0 Å². The predicted octanol–water partition coefficient (Wildman–Crippen LogP) is 1.52. The third kappa shape index (κ3) is 4.94. The lowest BCUT2D eigenvalue weighted by Crippen LogP contribution is -2.17. The van der Waals surface area contributed by atoms with Gasteiger partial charge in [0.25, 0.3) is 0 Å². The predicted molar refractivity (Wildman–Crippen MR) is 72.0 cm³/mol. The standard InChI is InChI=1S/C12H22ClN3O2/c1-10-11(12(13)16(2)15-10)9-14-5-4-6-18-8-7-17-3/h14H,4-9H2,1-3H3. The second kappa shape index (κ2) is 8.48. The fourth-order valence-corrected chi connectivity index (χ4v) is 1.87. The molecule has 0 aromatic carbocycles. The van der Waals surface area contributed by atoms with Crippen LogP contribution in [-0.4, -0.2) is 43.3 Å². The van der Waals surface area contributed by atoms with Crippen LogP contribution in [-0.2, 0) is 23.1 Å². The van der Waals surface area contributed by atoms with Gasteiger partial charge in [-0.2, -0.15) is 5.10 Å². The van der Waals surface area contributed by atoms with E-state index in [0.29, 0.717) is 18.4 Å². The lowest BCUT2D eigenvalue weighted by atomic mass is 10.2. The molecule has 0 bridgehead atoms. The molecule has 0 fully saturated rings. The Bertz CT molecular complexity index is 355. The average molecular weight is 276 g/mol. The van der Waals surface area contributed by atoms with Gasteiger partial charge in [-0.15, -0.1) is 0 Å². The van der Waals surface area contributed by atoms with Crippen LogP contribution in [0.5, 0.6) is 0 Å². The number of nitrogens with zero attached hydrogens (tertiary/aromatic N) is 2. The van der Waals surface area contributed by atoms with E-state index in [1.165, 1.54) is 0 Å². The highest BCUT2D eigenvalue weighted by molar-refractivity contribution is 6.30. The van der Waals surface area contributed by atoms with Crippen LogP contribution in [0.4, 0.5) is 0 Å². The minimum absolute atomic E-state index is 0.651. The number of ether oxygens (including phenoxy) is 2. The van der Waals surface area contributed by atoms with Crippen LogP contribution in [0.15, 0.2) is 0 Å². The summed E-state index contributed by atoms with van der Waals surface area (Å²) in [7, 11) is 3.52. The topological polar surface area (TPSA) is 48.3 Å². The van der Waals surface area contributed by atoms with Crippen molar-refractivity contribution in [3.05, 3.63) is 16.4 Å². The van der Waals surface area contributed by atoms with Gasteiger partial charge in [-0.1, -0.05) is 11.6 Å². The summed E-state index contributed by atoms with van der Waals surface area (Å²) in [5.74, 6) is 0. The van der Waals surface area contributed by atoms with Gasteiger partial charge in [0.1, 0.15) is 5.15 Å². The molecule has 6 heteroatoms. The Kier molecular flexibility index (Phi) is 7.27. The molecule has 0 saturated carbocycles. The molecule has 18 heavy (non-hydrogen) atoms. The Morgan fingerprint density at radius 3 is 2.72 bits per heavy atom. The van der Waals surface area contributed by atoms with Crippen molar-refractivity contribution in [3.63, 3.8) is 0 Å². The highest BCUT2D eigenvalue weighted by Crippen LogP contribution is 2.17. The minimum Gasteiger partial charge on any atom is -0.382 e. The molecule has 0 unspecified atom stereocenters. The fraction of sp³-hybridized carbons (Fsp3) is 0.750. The maximum Gasteiger partial charge on any atom is 0.131 e. The molecule has 1 heterocycles. The first-order chi connectivity index (χ1) is 8.66. The lowest BCUT2D eigenvalue weighted by molar-refractivity contribution is 0.0695. The molecular weight excluding hydrogens is 254 g/mol. The van der Waals surface area contributed by atoms with Gasteiger partial charge < -0.3 is 14.8 Å². The summed E-state index contributed by atoms with van der Waals surface area (Å²) >= 11 is 6.13. The molecule has 0 spiro atoms. The zero-order valence-corrected chi connectivity index (χ0v) is 12.1. The molecule has 0 amide bonds. The molecular formula is C12H22ClN3O2. The zero-order valence-electron chi connectivity index (χ0n) is 11.3. The highest BCUT2D eigenvalue weighted by Gasteiger charge is 2.09. The van der Waals surface area contributed by atoms with Crippen LogP contribution in [0.3, 0.4) is 0 Å². The summed E-state index contributed by atoms with van der Waals surface area (Å²) in [5.41, 5.74) is 2.05. The van der Waals surface area contributed by atoms with Crippen molar-refractivity contribution in [2.45, 2.75) is 19.9 Å². The number of hydrogen-bond acceptors (Lipinski definition) is 4. The van der Waals surface area contributed by atoms with Crippen LogP contribution in [0, 0.1) is 6.92 Å². The van der Waals surface area contributed by atoms with E-state index in [1.54, 1.807) is 11.8 Å². The van der Waals surface area contributed by atoms with E-state index in [-0.39, 0.29) is 0 Å². The van der Waals surface area contributed by atoms with Crippen molar-refractivity contribution >= 4 is 11.6 Å². The summed E-state index contributed by atoms with van der Waals surface area (Å²) in [4.78, 5) is 0. The quantitative estimate of drug-likeness (QED) is 0.695. The number of hydrogen-bond donors (Lipinski definition) is 1. The smallest absolute Gasteiger partial charge is 0.131 e. The normalized spacial score (nSPS) is 11.1. The van der Waals surface area contributed by atoms with Gasteiger partial charge in [-0.25, -0.2) is 0 Å². The Labute approximate surface area is 113 Å². The van der Waals surface area contributed by atoms with Gasteiger partial charge in [-0.05, 0) is 19.9 Å². The monoisotopic (exact) mass is 275 g/mol. The van der Waals surface area contributed by atoms with E-state index in [4.69, 9.17) is 21.1 Å². The van der Waals surface area contributed by atoms with Gasteiger partial charge in [0.15, 0.2) is 0 Å². The summed E-state index contributed by atoms with van der Waals surface area (Å²) in [6.45, 7) is 5.67. The fourth-order valence-electron chi connectivity index (χ4n) is 1.63. The largest absolute Gasteiger partial charge is 0.382 e. The van der Waals surface area contributed by atoms with Crippen molar-refractivity contribution in [2.75, 3.05) is 33.5 Å². The Hall–Kier alpha value is -0.620.